The molecular formula is C24H18Cl2N2O3. The zero-order chi connectivity index (χ0) is 22.3. The molecule has 0 bridgehead atoms. The lowest BCUT2D eigenvalue weighted by atomic mass is 10.0. The molecule has 1 aliphatic rings. The van der Waals surface area contributed by atoms with E-state index in [1.54, 1.807) is 43.4 Å². The van der Waals surface area contributed by atoms with E-state index in [0.717, 1.165) is 10.5 Å². The van der Waals surface area contributed by atoms with Gasteiger partial charge in [0.1, 0.15) is 0 Å². The van der Waals surface area contributed by atoms with Crippen LogP contribution in [0.3, 0.4) is 0 Å². The number of nitrogens with zero attached hydrogens (tertiary/aromatic N) is 2. The molecule has 0 saturated carbocycles. The van der Waals surface area contributed by atoms with Crippen LogP contribution in [0.5, 0.6) is 0 Å². The summed E-state index contributed by atoms with van der Waals surface area (Å²) in [5.41, 5.74) is 2.87. The highest BCUT2D eigenvalue weighted by atomic mass is 35.5. The van der Waals surface area contributed by atoms with E-state index in [-0.39, 0.29) is 23.6 Å². The number of hydrogen-bond acceptors (Lipinski definition) is 3. The van der Waals surface area contributed by atoms with Crippen LogP contribution in [0.4, 0.5) is 5.69 Å². The Balaban J connectivity index is 1.62. The predicted molar refractivity (Wildman–Crippen MR) is 121 cm³/mol. The number of benzene rings is 3. The second-order valence-corrected chi connectivity index (χ2v) is 8.15. The summed E-state index contributed by atoms with van der Waals surface area (Å²) in [6, 6.07) is 17.0. The molecule has 0 spiro atoms. The second kappa shape index (κ2) is 8.17. The van der Waals surface area contributed by atoms with Gasteiger partial charge in [0.15, 0.2) is 0 Å². The van der Waals surface area contributed by atoms with Crippen LogP contribution in [-0.2, 0) is 6.54 Å². The molecule has 0 saturated heterocycles. The maximum atomic E-state index is 13.0. The van der Waals surface area contributed by atoms with E-state index >= 15 is 0 Å². The Labute approximate surface area is 189 Å². The third-order valence-corrected chi connectivity index (χ3v) is 6.13. The molecule has 5 nitrogen and oxygen atoms in total. The lowest BCUT2D eigenvalue weighted by Crippen LogP contribution is -2.30. The van der Waals surface area contributed by atoms with Crippen LogP contribution in [-0.4, -0.2) is 29.7 Å². The smallest absolute Gasteiger partial charge is 0.266 e. The van der Waals surface area contributed by atoms with Crippen molar-refractivity contribution < 1.29 is 14.4 Å². The summed E-state index contributed by atoms with van der Waals surface area (Å²) in [7, 11) is 1.64. The zero-order valence-corrected chi connectivity index (χ0v) is 18.4. The third-order valence-electron chi connectivity index (χ3n) is 5.28. The number of halogens is 2. The molecule has 31 heavy (non-hydrogen) atoms. The Morgan fingerprint density at radius 1 is 0.935 bits per heavy atom. The molecular weight excluding hydrogens is 435 g/mol. The first-order valence-electron chi connectivity index (χ1n) is 9.56. The molecule has 0 N–H and O–H groups in total. The van der Waals surface area contributed by atoms with Gasteiger partial charge in [0.25, 0.3) is 17.7 Å². The van der Waals surface area contributed by atoms with Gasteiger partial charge in [-0.3, -0.25) is 14.4 Å². The first kappa shape index (κ1) is 21.1. The summed E-state index contributed by atoms with van der Waals surface area (Å²) in [4.78, 5) is 41.5. The van der Waals surface area contributed by atoms with Gasteiger partial charge in [-0.15, -0.1) is 0 Å². The summed E-state index contributed by atoms with van der Waals surface area (Å²) in [6.07, 6.45) is 0. The molecule has 0 fully saturated rings. The number of aryl methyl sites for hydroxylation is 1. The molecule has 1 heterocycles. The standard InChI is InChI=1S/C24H18Cl2N2O3/c1-14-6-3-4-9-20(14)28-23(30)17-11-10-15(12-18(17)24(28)31)22(29)27(2)13-16-7-5-8-19(25)21(16)26/h3-12H,13H2,1-2H3. The van der Waals surface area contributed by atoms with Crippen molar-refractivity contribution in [3.05, 3.63) is 98.5 Å². The minimum atomic E-state index is -0.440. The molecule has 0 atom stereocenters. The van der Waals surface area contributed by atoms with Gasteiger partial charge in [0.05, 0.1) is 26.9 Å². The minimum absolute atomic E-state index is 0.216. The summed E-state index contributed by atoms with van der Waals surface area (Å²) in [5, 5.41) is 0.811. The SMILES string of the molecule is Cc1ccccc1N1C(=O)c2ccc(C(=O)N(C)Cc3cccc(Cl)c3Cl)cc2C1=O. The largest absolute Gasteiger partial charge is 0.337 e. The lowest BCUT2D eigenvalue weighted by molar-refractivity contribution is 0.0784. The highest BCUT2D eigenvalue weighted by molar-refractivity contribution is 6.42. The molecule has 3 aromatic carbocycles. The van der Waals surface area contributed by atoms with Crippen LogP contribution in [0, 0.1) is 6.92 Å². The number of fused-ring (bicyclic) bond motifs is 1. The maximum Gasteiger partial charge on any atom is 0.266 e. The molecule has 3 amide bonds. The van der Waals surface area contributed by atoms with Gasteiger partial charge in [-0.05, 0) is 48.4 Å². The highest BCUT2D eigenvalue weighted by Gasteiger charge is 2.37. The summed E-state index contributed by atoms with van der Waals surface area (Å²) < 4.78 is 0. The van der Waals surface area contributed by atoms with E-state index in [1.165, 1.54) is 17.0 Å². The second-order valence-electron chi connectivity index (χ2n) is 7.37. The Morgan fingerprint density at radius 3 is 2.39 bits per heavy atom. The fourth-order valence-electron chi connectivity index (χ4n) is 3.63. The molecule has 3 aromatic rings. The number of amides is 3. The van der Waals surface area contributed by atoms with Gasteiger partial charge in [-0.1, -0.05) is 53.5 Å². The van der Waals surface area contributed by atoms with Crippen LogP contribution in [0.25, 0.3) is 0 Å². The topological polar surface area (TPSA) is 57.7 Å². The van der Waals surface area contributed by atoms with Crippen LogP contribution in [0.2, 0.25) is 10.0 Å². The number of rotatable bonds is 4. The normalized spacial score (nSPS) is 12.8. The van der Waals surface area contributed by atoms with Crippen molar-refractivity contribution in [3.63, 3.8) is 0 Å². The van der Waals surface area contributed by atoms with Crippen LogP contribution >= 0.6 is 23.2 Å². The van der Waals surface area contributed by atoms with Gasteiger partial charge < -0.3 is 4.90 Å². The molecule has 156 valence electrons. The van der Waals surface area contributed by atoms with Crippen LogP contribution in [0.15, 0.2) is 60.7 Å². The van der Waals surface area contributed by atoms with Gasteiger partial charge in [-0.2, -0.15) is 0 Å². The Hall–Kier alpha value is -3.15. The van der Waals surface area contributed by atoms with Crippen molar-refractivity contribution in [2.45, 2.75) is 13.5 Å². The first-order valence-corrected chi connectivity index (χ1v) is 10.3. The van der Waals surface area contributed by atoms with Crippen LogP contribution < -0.4 is 4.90 Å². The number of anilines is 1. The van der Waals surface area contributed by atoms with Gasteiger partial charge in [0.2, 0.25) is 0 Å². The van der Waals surface area contributed by atoms with Crippen molar-refractivity contribution in [3.8, 4) is 0 Å². The van der Waals surface area contributed by atoms with E-state index in [1.807, 2.05) is 19.1 Å². The van der Waals surface area contributed by atoms with Gasteiger partial charge >= 0.3 is 0 Å². The van der Waals surface area contributed by atoms with Crippen molar-refractivity contribution in [1.82, 2.24) is 4.90 Å². The molecule has 0 unspecified atom stereocenters. The van der Waals surface area contributed by atoms with Crippen molar-refractivity contribution >= 4 is 46.6 Å². The zero-order valence-electron chi connectivity index (χ0n) is 16.9. The highest BCUT2D eigenvalue weighted by Crippen LogP contribution is 2.31. The summed E-state index contributed by atoms with van der Waals surface area (Å²) in [6.45, 7) is 2.08. The number of imide groups is 1. The predicted octanol–water partition coefficient (Wildman–Crippen LogP) is 5.37. The van der Waals surface area contributed by atoms with E-state index in [9.17, 15) is 14.4 Å². The molecule has 7 heteroatoms. The Bertz CT molecular complexity index is 1240. The van der Waals surface area contributed by atoms with Crippen LogP contribution in [0.1, 0.15) is 42.2 Å². The Morgan fingerprint density at radius 2 is 1.65 bits per heavy atom. The van der Waals surface area contributed by atoms with Crippen molar-refractivity contribution in [2.75, 3.05) is 11.9 Å². The number of para-hydroxylation sites is 1. The van der Waals surface area contributed by atoms with E-state index in [0.29, 0.717) is 26.9 Å². The number of carbonyl (C=O) groups excluding carboxylic acids is 3. The van der Waals surface area contributed by atoms with E-state index < -0.39 is 11.8 Å². The number of hydrogen-bond donors (Lipinski definition) is 0. The average Bonchev–Trinajstić information content (AvgIpc) is 3.01. The Kier molecular flexibility index (Phi) is 5.56. The van der Waals surface area contributed by atoms with E-state index in [2.05, 4.69) is 0 Å². The number of carbonyl (C=O) groups is 3. The maximum absolute atomic E-state index is 13.0. The fraction of sp³-hybridized carbons (Fsp3) is 0.125. The molecule has 0 aromatic heterocycles. The molecule has 4 rings (SSSR count). The fourth-order valence-corrected chi connectivity index (χ4v) is 4.01. The summed E-state index contributed by atoms with van der Waals surface area (Å²) in [5.74, 6) is -1.13. The first-order chi connectivity index (χ1) is 14.8. The van der Waals surface area contributed by atoms with Crippen molar-refractivity contribution in [1.29, 1.82) is 0 Å². The quantitative estimate of drug-likeness (QED) is 0.499. The minimum Gasteiger partial charge on any atom is -0.337 e. The monoisotopic (exact) mass is 452 g/mol. The van der Waals surface area contributed by atoms with Gasteiger partial charge in [-0.25, -0.2) is 4.90 Å². The lowest BCUT2D eigenvalue weighted by Gasteiger charge is -2.18. The summed E-state index contributed by atoms with van der Waals surface area (Å²) >= 11 is 12.3. The van der Waals surface area contributed by atoms with Crippen molar-refractivity contribution in [2.24, 2.45) is 0 Å². The molecule has 0 radical (unpaired) electrons. The van der Waals surface area contributed by atoms with E-state index in [4.69, 9.17) is 23.2 Å². The molecule has 1 aliphatic heterocycles. The third kappa shape index (κ3) is 3.71. The average molecular weight is 453 g/mol. The van der Waals surface area contributed by atoms with Gasteiger partial charge in [0, 0.05) is 19.2 Å². The molecule has 0 aliphatic carbocycles.